The number of methoxy groups -OCH3 is 1. The van der Waals surface area contributed by atoms with Crippen molar-refractivity contribution in [3.63, 3.8) is 0 Å². The Morgan fingerprint density at radius 2 is 1.95 bits per heavy atom. The van der Waals surface area contributed by atoms with E-state index in [-0.39, 0.29) is 6.04 Å². The fraction of sp³-hybridized carbons (Fsp3) is 0.667. The van der Waals surface area contributed by atoms with Crippen LogP contribution in [-0.4, -0.2) is 38.3 Å². The molecule has 4 nitrogen and oxygen atoms in total. The monoisotopic (exact) mass is 306 g/mol. The van der Waals surface area contributed by atoms with Gasteiger partial charge in [-0.25, -0.2) is 0 Å². The largest absolute Gasteiger partial charge is 0.493 e. The number of rotatable bonds is 6. The van der Waals surface area contributed by atoms with Gasteiger partial charge in [0.25, 0.3) is 0 Å². The first-order valence-electron chi connectivity index (χ1n) is 8.34. The second kappa shape index (κ2) is 7.84. The summed E-state index contributed by atoms with van der Waals surface area (Å²) in [6.07, 6.45) is 1.30. The molecule has 0 aliphatic carbocycles. The number of nitrogens with two attached hydrogens (primary N) is 1. The van der Waals surface area contributed by atoms with Gasteiger partial charge in [0, 0.05) is 25.2 Å². The maximum Gasteiger partial charge on any atom is 0.165 e. The molecule has 0 radical (unpaired) electrons. The maximum atomic E-state index is 6.15. The number of ether oxygens (including phenoxy) is 2. The highest BCUT2D eigenvalue weighted by Gasteiger charge is 2.30. The molecule has 2 rings (SSSR count). The second-order valence-electron chi connectivity index (χ2n) is 6.46. The zero-order chi connectivity index (χ0) is 16.1. The van der Waals surface area contributed by atoms with Gasteiger partial charge in [-0.05, 0) is 31.2 Å². The first-order chi connectivity index (χ1) is 10.6. The lowest BCUT2D eigenvalue weighted by Gasteiger charge is -2.40. The molecule has 1 aliphatic heterocycles. The van der Waals surface area contributed by atoms with Crippen molar-refractivity contribution < 1.29 is 9.47 Å². The van der Waals surface area contributed by atoms with Crippen molar-refractivity contribution in [1.82, 2.24) is 4.90 Å². The molecule has 4 heteroatoms. The highest BCUT2D eigenvalue weighted by atomic mass is 16.5. The number of piperidine rings is 1. The zero-order valence-corrected chi connectivity index (χ0v) is 14.3. The molecule has 0 amide bonds. The number of hydrogen-bond donors (Lipinski definition) is 1. The summed E-state index contributed by atoms with van der Waals surface area (Å²) in [5.41, 5.74) is 7.29. The molecule has 1 aromatic rings. The fourth-order valence-electron chi connectivity index (χ4n) is 3.69. The van der Waals surface area contributed by atoms with Crippen LogP contribution in [0.5, 0.6) is 11.5 Å². The summed E-state index contributed by atoms with van der Waals surface area (Å²) in [6, 6.07) is 6.27. The highest BCUT2D eigenvalue weighted by Crippen LogP contribution is 2.38. The van der Waals surface area contributed by atoms with Crippen LogP contribution in [0.25, 0.3) is 0 Å². The van der Waals surface area contributed by atoms with Crippen molar-refractivity contribution in [1.29, 1.82) is 0 Å². The molecule has 124 valence electrons. The van der Waals surface area contributed by atoms with Crippen molar-refractivity contribution in [2.24, 2.45) is 17.6 Å². The van der Waals surface area contributed by atoms with Crippen LogP contribution < -0.4 is 15.2 Å². The molecule has 3 unspecified atom stereocenters. The molecule has 3 atom stereocenters. The van der Waals surface area contributed by atoms with Crippen LogP contribution in [0.2, 0.25) is 0 Å². The molecule has 22 heavy (non-hydrogen) atoms. The summed E-state index contributed by atoms with van der Waals surface area (Å²) < 4.78 is 11.4. The molecule has 2 N–H and O–H groups in total. The predicted octanol–water partition coefficient (Wildman–Crippen LogP) is 3.07. The number of likely N-dealkylation sites (tertiary alicyclic amines) is 1. The quantitative estimate of drug-likeness (QED) is 0.877. The van der Waals surface area contributed by atoms with E-state index in [4.69, 9.17) is 15.2 Å². The van der Waals surface area contributed by atoms with Gasteiger partial charge in [-0.3, -0.25) is 4.90 Å². The van der Waals surface area contributed by atoms with E-state index in [2.05, 4.69) is 24.8 Å². The van der Waals surface area contributed by atoms with E-state index in [9.17, 15) is 0 Å². The number of para-hydroxylation sites is 1. The van der Waals surface area contributed by atoms with Crippen LogP contribution in [0, 0.1) is 11.8 Å². The minimum absolute atomic E-state index is 0.182. The van der Waals surface area contributed by atoms with Gasteiger partial charge >= 0.3 is 0 Å². The number of hydrogen-bond acceptors (Lipinski definition) is 4. The van der Waals surface area contributed by atoms with Gasteiger partial charge in [0.05, 0.1) is 19.8 Å². The lowest BCUT2D eigenvalue weighted by atomic mass is 9.89. The third-order valence-electron chi connectivity index (χ3n) is 4.44. The predicted molar refractivity (Wildman–Crippen MR) is 90.5 cm³/mol. The molecule has 1 aromatic carbocycles. The van der Waals surface area contributed by atoms with Gasteiger partial charge in [-0.15, -0.1) is 0 Å². The first-order valence-corrected chi connectivity index (χ1v) is 8.34. The fourth-order valence-corrected chi connectivity index (χ4v) is 3.69. The Bertz CT molecular complexity index is 468. The molecule has 1 heterocycles. The van der Waals surface area contributed by atoms with Crippen molar-refractivity contribution >= 4 is 0 Å². The van der Waals surface area contributed by atoms with Crippen molar-refractivity contribution in [3.05, 3.63) is 23.8 Å². The van der Waals surface area contributed by atoms with Gasteiger partial charge in [-0.2, -0.15) is 0 Å². The average molecular weight is 306 g/mol. The second-order valence-corrected chi connectivity index (χ2v) is 6.46. The summed E-state index contributed by atoms with van der Waals surface area (Å²) in [5.74, 6) is 3.04. The summed E-state index contributed by atoms with van der Waals surface area (Å²) in [4.78, 5) is 2.51. The number of benzene rings is 1. The molecular weight excluding hydrogens is 276 g/mol. The van der Waals surface area contributed by atoms with E-state index in [0.29, 0.717) is 25.0 Å². The van der Waals surface area contributed by atoms with Gasteiger partial charge in [0.1, 0.15) is 0 Å². The molecule has 1 saturated heterocycles. The standard InChI is InChI=1S/C18H30N2O2/c1-5-22-18-15(7-6-8-17(18)21-4)16(10-19)20-11-13(2)9-14(3)12-20/h6-8,13-14,16H,5,9-12,19H2,1-4H3. The van der Waals surface area contributed by atoms with E-state index >= 15 is 0 Å². The zero-order valence-electron chi connectivity index (χ0n) is 14.3. The van der Waals surface area contributed by atoms with Crippen molar-refractivity contribution in [2.45, 2.75) is 33.2 Å². The van der Waals surface area contributed by atoms with Crippen LogP contribution in [0.3, 0.4) is 0 Å². The van der Waals surface area contributed by atoms with E-state index in [1.54, 1.807) is 7.11 Å². The molecule has 1 fully saturated rings. The topological polar surface area (TPSA) is 47.7 Å². The van der Waals surface area contributed by atoms with E-state index in [0.717, 1.165) is 30.2 Å². The summed E-state index contributed by atoms with van der Waals surface area (Å²) >= 11 is 0. The van der Waals surface area contributed by atoms with Crippen molar-refractivity contribution in [3.8, 4) is 11.5 Å². The Balaban J connectivity index is 2.34. The molecule has 1 aliphatic rings. The molecule has 0 spiro atoms. The average Bonchev–Trinajstić information content (AvgIpc) is 2.48. The number of nitrogens with zero attached hydrogens (tertiary/aromatic N) is 1. The first kappa shape index (κ1) is 17.1. The smallest absolute Gasteiger partial charge is 0.165 e. The van der Waals surface area contributed by atoms with Gasteiger partial charge in [0.15, 0.2) is 11.5 Å². The van der Waals surface area contributed by atoms with E-state index < -0.39 is 0 Å². The van der Waals surface area contributed by atoms with Crippen LogP contribution in [0.15, 0.2) is 18.2 Å². The van der Waals surface area contributed by atoms with Crippen LogP contribution in [-0.2, 0) is 0 Å². The van der Waals surface area contributed by atoms with Crippen LogP contribution in [0.4, 0.5) is 0 Å². The van der Waals surface area contributed by atoms with Crippen molar-refractivity contribution in [2.75, 3.05) is 33.4 Å². The maximum absolute atomic E-state index is 6.15. The summed E-state index contributed by atoms with van der Waals surface area (Å²) in [7, 11) is 1.68. The molecule has 0 aromatic heterocycles. The summed E-state index contributed by atoms with van der Waals surface area (Å²) in [6.45, 7) is 10.0. The third kappa shape index (κ3) is 3.73. The van der Waals surface area contributed by atoms with Crippen LogP contribution >= 0.6 is 0 Å². The summed E-state index contributed by atoms with van der Waals surface area (Å²) in [5, 5.41) is 0. The Morgan fingerprint density at radius 3 is 2.50 bits per heavy atom. The Morgan fingerprint density at radius 1 is 1.27 bits per heavy atom. The Kier molecular flexibility index (Phi) is 6.09. The minimum atomic E-state index is 0.182. The minimum Gasteiger partial charge on any atom is -0.493 e. The van der Waals surface area contributed by atoms with Gasteiger partial charge in [-0.1, -0.05) is 26.0 Å². The Labute approximate surface area is 134 Å². The normalized spacial score (nSPS) is 24.0. The lowest BCUT2D eigenvalue weighted by molar-refractivity contribution is 0.0965. The lowest BCUT2D eigenvalue weighted by Crippen LogP contribution is -2.43. The molecular formula is C18H30N2O2. The third-order valence-corrected chi connectivity index (χ3v) is 4.44. The molecule has 0 bridgehead atoms. The molecule has 0 saturated carbocycles. The van der Waals surface area contributed by atoms with E-state index in [1.807, 2.05) is 19.1 Å². The SMILES string of the molecule is CCOc1c(OC)cccc1C(CN)N1CC(C)CC(C)C1. The van der Waals surface area contributed by atoms with Gasteiger partial charge in [0.2, 0.25) is 0 Å². The van der Waals surface area contributed by atoms with E-state index in [1.165, 1.54) is 6.42 Å². The highest BCUT2D eigenvalue weighted by molar-refractivity contribution is 5.48. The van der Waals surface area contributed by atoms with Crippen LogP contribution in [0.1, 0.15) is 38.8 Å². The van der Waals surface area contributed by atoms with Gasteiger partial charge < -0.3 is 15.2 Å². The Hall–Kier alpha value is -1.26.